The second kappa shape index (κ2) is 5.83. The van der Waals surface area contributed by atoms with Crippen molar-refractivity contribution in [3.63, 3.8) is 0 Å². The zero-order chi connectivity index (χ0) is 13.0. The molecule has 0 fully saturated rings. The fourth-order valence-corrected chi connectivity index (χ4v) is 1.93. The maximum Gasteiger partial charge on any atom is 0.130 e. The van der Waals surface area contributed by atoms with Crippen LogP contribution in [0.3, 0.4) is 0 Å². The lowest BCUT2D eigenvalue weighted by atomic mass is 10.1. The van der Waals surface area contributed by atoms with Crippen LogP contribution in [0.1, 0.15) is 11.5 Å². The molecule has 3 nitrogen and oxygen atoms in total. The van der Waals surface area contributed by atoms with E-state index in [1.165, 1.54) is 0 Å². The highest BCUT2D eigenvalue weighted by Crippen LogP contribution is 2.22. The minimum absolute atomic E-state index is 0.529. The topological polar surface area (TPSA) is 35.0 Å². The van der Waals surface area contributed by atoms with Crippen molar-refractivity contribution in [2.45, 2.75) is 13.3 Å². The summed E-state index contributed by atoms with van der Waals surface area (Å²) >= 11 is 5.73. The van der Waals surface area contributed by atoms with Crippen molar-refractivity contribution in [1.29, 1.82) is 0 Å². The molecular formula is C14H15ClN2O. The third kappa shape index (κ3) is 2.99. The van der Waals surface area contributed by atoms with Gasteiger partial charge in [-0.1, -0.05) is 12.1 Å². The number of hydrogen-bond donors (Lipinski definition) is 0. The van der Waals surface area contributed by atoms with Crippen molar-refractivity contribution in [3.8, 4) is 17.0 Å². The number of rotatable bonds is 4. The Bertz CT molecular complexity index is 543. The predicted octanol–water partition coefficient (Wildman–Crippen LogP) is 3.24. The van der Waals surface area contributed by atoms with E-state index in [0.29, 0.717) is 12.3 Å². The van der Waals surface area contributed by atoms with Gasteiger partial charge < -0.3 is 4.74 Å². The van der Waals surface area contributed by atoms with E-state index in [2.05, 4.69) is 9.97 Å². The molecule has 0 saturated heterocycles. The Morgan fingerprint density at radius 3 is 2.78 bits per heavy atom. The van der Waals surface area contributed by atoms with Crippen molar-refractivity contribution in [2.24, 2.45) is 0 Å². The molecule has 4 heteroatoms. The van der Waals surface area contributed by atoms with E-state index < -0.39 is 0 Å². The number of methoxy groups -OCH3 is 1. The lowest BCUT2D eigenvalue weighted by Crippen LogP contribution is -2.00. The molecule has 0 aliphatic heterocycles. The second-order valence-electron chi connectivity index (χ2n) is 3.98. The molecule has 0 spiro atoms. The van der Waals surface area contributed by atoms with E-state index in [0.717, 1.165) is 28.5 Å². The molecule has 1 aromatic heterocycles. The molecule has 0 radical (unpaired) electrons. The number of halogens is 1. The quantitative estimate of drug-likeness (QED) is 0.794. The van der Waals surface area contributed by atoms with E-state index in [-0.39, 0.29) is 0 Å². The van der Waals surface area contributed by atoms with Crippen molar-refractivity contribution in [1.82, 2.24) is 9.97 Å². The third-order valence-corrected chi connectivity index (χ3v) is 2.77. The minimum atomic E-state index is 0.529. The van der Waals surface area contributed by atoms with Crippen LogP contribution in [0.5, 0.6) is 5.75 Å². The van der Waals surface area contributed by atoms with Gasteiger partial charge in [-0.3, -0.25) is 0 Å². The van der Waals surface area contributed by atoms with Crippen molar-refractivity contribution < 1.29 is 4.74 Å². The van der Waals surface area contributed by atoms with Gasteiger partial charge in [0.1, 0.15) is 11.6 Å². The van der Waals surface area contributed by atoms with Crippen molar-refractivity contribution in [3.05, 3.63) is 41.9 Å². The van der Waals surface area contributed by atoms with E-state index >= 15 is 0 Å². The van der Waals surface area contributed by atoms with Gasteiger partial charge in [-0.05, 0) is 25.1 Å². The van der Waals surface area contributed by atoms with E-state index in [1.807, 2.05) is 37.3 Å². The molecule has 0 N–H and O–H groups in total. The van der Waals surface area contributed by atoms with Gasteiger partial charge in [-0.15, -0.1) is 11.6 Å². The maximum atomic E-state index is 5.73. The number of ether oxygens (including phenoxy) is 1. The average Bonchev–Trinajstić information content (AvgIpc) is 2.38. The van der Waals surface area contributed by atoms with Crippen LogP contribution in [0.25, 0.3) is 11.3 Å². The molecule has 1 aromatic carbocycles. The summed E-state index contributed by atoms with van der Waals surface area (Å²) in [5, 5.41) is 0. The predicted molar refractivity (Wildman–Crippen MR) is 73.2 cm³/mol. The van der Waals surface area contributed by atoms with Crippen LogP contribution in [0.4, 0.5) is 0 Å². The summed E-state index contributed by atoms with van der Waals surface area (Å²) in [5.74, 6) is 2.13. The first-order valence-corrected chi connectivity index (χ1v) is 6.31. The van der Waals surface area contributed by atoms with Gasteiger partial charge in [-0.25, -0.2) is 9.97 Å². The smallest absolute Gasteiger partial charge is 0.130 e. The van der Waals surface area contributed by atoms with Gasteiger partial charge >= 0.3 is 0 Å². The number of alkyl halides is 1. The zero-order valence-corrected chi connectivity index (χ0v) is 11.2. The van der Waals surface area contributed by atoms with Gasteiger partial charge in [0.15, 0.2) is 0 Å². The van der Waals surface area contributed by atoms with Crippen LogP contribution in [-0.4, -0.2) is 23.0 Å². The highest BCUT2D eigenvalue weighted by atomic mass is 35.5. The Hall–Kier alpha value is -1.61. The molecule has 1 heterocycles. The SMILES string of the molecule is COc1cccc(-c2cc(C)nc(CCCl)n2)c1. The molecule has 0 amide bonds. The number of aryl methyl sites for hydroxylation is 2. The highest BCUT2D eigenvalue weighted by Gasteiger charge is 2.05. The number of hydrogen-bond acceptors (Lipinski definition) is 3. The molecule has 18 heavy (non-hydrogen) atoms. The van der Waals surface area contributed by atoms with Gasteiger partial charge in [0.2, 0.25) is 0 Å². The molecule has 0 saturated carbocycles. The fourth-order valence-electron chi connectivity index (χ4n) is 1.76. The Labute approximate surface area is 112 Å². The van der Waals surface area contributed by atoms with Gasteiger partial charge in [0.05, 0.1) is 12.8 Å². The van der Waals surface area contributed by atoms with Crippen molar-refractivity contribution in [2.75, 3.05) is 13.0 Å². The van der Waals surface area contributed by atoms with Crippen LogP contribution in [0, 0.1) is 6.92 Å². The molecule has 2 aromatic rings. The first kappa shape index (κ1) is 12.8. The van der Waals surface area contributed by atoms with E-state index in [1.54, 1.807) is 7.11 Å². The molecule has 0 bridgehead atoms. The zero-order valence-electron chi connectivity index (χ0n) is 10.5. The summed E-state index contributed by atoms with van der Waals surface area (Å²) in [6.45, 7) is 1.96. The molecule has 2 rings (SSSR count). The summed E-state index contributed by atoms with van der Waals surface area (Å²) in [4.78, 5) is 8.88. The van der Waals surface area contributed by atoms with Crippen LogP contribution >= 0.6 is 11.6 Å². The molecule has 0 aliphatic rings. The molecule has 0 atom stereocenters. The van der Waals surface area contributed by atoms with Crippen LogP contribution < -0.4 is 4.74 Å². The molecule has 0 unspecified atom stereocenters. The van der Waals surface area contributed by atoms with Crippen molar-refractivity contribution >= 4 is 11.6 Å². The van der Waals surface area contributed by atoms with Crippen LogP contribution in [-0.2, 0) is 6.42 Å². The lowest BCUT2D eigenvalue weighted by molar-refractivity contribution is 0.415. The monoisotopic (exact) mass is 262 g/mol. The largest absolute Gasteiger partial charge is 0.497 e. The van der Waals surface area contributed by atoms with Gasteiger partial charge in [-0.2, -0.15) is 0 Å². The summed E-state index contributed by atoms with van der Waals surface area (Å²) in [6, 6.07) is 9.80. The highest BCUT2D eigenvalue weighted by molar-refractivity contribution is 6.17. The molecule has 0 aliphatic carbocycles. The standard InChI is InChI=1S/C14H15ClN2O/c1-10-8-13(17-14(16-10)6-7-15)11-4-3-5-12(9-11)18-2/h3-5,8-9H,6-7H2,1-2H3. The van der Waals surface area contributed by atoms with Gasteiger partial charge in [0.25, 0.3) is 0 Å². The normalized spacial score (nSPS) is 10.4. The summed E-state index contributed by atoms with van der Waals surface area (Å²) < 4.78 is 5.22. The average molecular weight is 263 g/mol. The number of aromatic nitrogens is 2. The summed E-state index contributed by atoms with van der Waals surface area (Å²) in [5.41, 5.74) is 2.88. The summed E-state index contributed by atoms with van der Waals surface area (Å²) in [7, 11) is 1.66. The van der Waals surface area contributed by atoms with E-state index in [9.17, 15) is 0 Å². The van der Waals surface area contributed by atoms with Crippen LogP contribution in [0.15, 0.2) is 30.3 Å². The minimum Gasteiger partial charge on any atom is -0.497 e. The Kier molecular flexibility index (Phi) is 4.15. The first-order valence-electron chi connectivity index (χ1n) is 5.78. The lowest BCUT2D eigenvalue weighted by Gasteiger charge is -2.07. The second-order valence-corrected chi connectivity index (χ2v) is 4.36. The Morgan fingerprint density at radius 2 is 2.06 bits per heavy atom. The molecular weight excluding hydrogens is 248 g/mol. The maximum absolute atomic E-state index is 5.73. The molecule has 94 valence electrons. The summed E-state index contributed by atoms with van der Waals surface area (Å²) in [6.07, 6.45) is 0.681. The van der Waals surface area contributed by atoms with Crippen LogP contribution in [0.2, 0.25) is 0 Å². The Morgan fingerprint density at radius 1 is 1.22 bits per heavy atom. The number of benzene rings is 1. The Balaban J connectivity index is 2.42. The van der Waals surface area contributed by atoms with Gasteiger partial charge in [0, 0.05) is 23.6 Å². The third-order valence-electron chi connectivity index (χ3n) is 2.58. The van der Waals surface area contributed by atoms with E-state index in [4.69, 9.17) is 16.3 Å². The number of nitrogens with zero attached hydrogens (tertiary/aromatic N) is 2. The first-order chi connectivity index (χ1) is 8.72. The fraction of sp³-hybridized carbons (Fsp3) is 0.286.